The van der Waals surface area contributed by atoms with E-state index in [1.165, 1.54) is 13.1 Å². The van der Waals surface area contributed by atoms with Crippen LogP contribution in [0, 0.1) is 6.92 Å². The van der Waals surface area contributed by atoms with Crippen molar-refractivity contribution in [2.75, 3.05) is 40.0 Å². The van der Waals surface area contributed by atoms with Crippen molar-refractivity contribution >= 4 is 15.9 Å². The number of carbonyl (C=O) groups excluding carboxylic acids is 1. The minimum Gasteiger partial charge on any atom is -0.494 e. The molecular formula is C17H28N2O5S. The van der Waals surface area contributed by atoms with Crippen LogP contribution in [0.2, 0.25) is 0 Å². The van der Waals surface area contributed by atoms with Crippen molar-refractivity contribution < 1.29 is 22.7 Å². The van der Waals surface area contributed by atoms with Crippen molar-refractivity contribution in [1.29, 1.82) is 0 Å². The van der Waals surface area contributed by atoms with Crippen LogP contribution in [0.15, 0.2) is 23.1 Å². The Bertz CT molecular complexity index is 661. The lowest BCUT2D eigenvalue weighted by atomic mass is 10.2. The van der Waals surface area contributed by atoms with Crippen LogP contribution in [0.5, 0.6) is 5.75 Å². The molecule has 0 atom stereocenters. The molecule has 1 aromatic carbocycles. The van der Waals surface area contributed by atoms with Crippen LogP contribution in [0.3, 0.4) is 0 Å². The van der Waals surface area contributed by atoms with Gasteiger partial charge in [-0.25, -0.2) is 8.42 Å². The first-order chi connectivity index (χ1) is 11.8. The molecule has 0 fully saturated rings. The predicted molar refractivity (Wildman–Crippen MR) is 96.3 cm³/mol. The van der Waals surface area contributed by atoms with Gasteiger partial charge < -0.3 is 14.8 Å². The quantitative estimate of drug-likeness (QED) is 0.596. The van der Waals surface area contributed by atoms with Crippen LogP contribution in [-0.4, -0.2) is 58.6 Å². The molecule has 7 nitrogen and oxygen atoms in total. The van der Waals surface area contributed by atoms with Crippen LogP contribution in [-0.2, 0) is 19.6 Å². The second-order valence-corrected chi connectivity index (χ2v) is 7.57. The molecule has 0 aromatic heterocycles. The van der Waals surface area contributed by atoms with Gasteiger partial charge in [-0.05, 0) is 51.0 Å². The fourth-order valence-electron chi connectivity index (χ4n) is 2.17. The molecule has 8 heteroatoms. The number of benzene rings is 1. The molecule has 0 bridgehead atoms. The highest BCUT2D eigenvalue weighted by atomic mass is 32.2. The lowest BCUT2D eigenvalue weighted by Gasteiger charge is -2.18. The minimum absolute atomic E-state index is 0.139. The first-order valence-corrected chi connectivity index (χ1v) is 9.81. The number of hydrogen-bond acceptors (Lipinski definition) is 5. The highest BCUT2D eigenvalue weighted by Crippen LogP contribution is 2.23. The van der Waals surface area contributed by atoms with Gasteiger partial charge in [0.25, 0.3) is 0 Å². The highest BCUT2D eigenvalue weighted by Gasteiger charge is 2.23. The maximum absolute atomic E-state index is 12.6. The number of carbonyl (C=O) groups is 1. The average Bonchev–Trinajstić information content (AvgIpc) is 2.56. The largest absolute Gasteiger partial charge is 0.494 e. The Balaban J connectivity index is 2.65. The van der Waals surface area contributed by atoms with Gasteiger partial charge in [0.2, 0.25) is 15.9 Å². The van der Waals surface area contributed by atoms with E-state index in [1.807, 2.05) is 13.8 Å². The van der Waals surface area contributed by atoms with Gasteiger partial charge in [-0.2, -0.15) is 4.31 Å². The molecule has 0 spiro atoms. The van der Waals surface area contributed by atoms with Crippen LogP contribution >= 0.6 is 0 Å². The number of ether oxygens (including phenoxy) is 2. The van der Waals surface area contributed by atoms with Crippen LogP contribution in [0.25, 0.3) is 0 Å². The zero-order valence-electron chi connectivity index (χ0n) is 15.4. The molecule has 142 valence electrons. The summed E-state index contributed by atoms with van der Waals surface area (Å²) in [6.07, 6.45) is 0.689. The number of hydrogen-bond donors (Lipinski definition) is 1. The van der Waals surface area contributed by atoms with Crippen molar-refractivity contribution in [1.82, 2.24) is 9.62 Å². The lowest BCUT2D eigenvalue weighted by molar-refractivity contribution is -0.121. The molecule has 0 aliphatic heterocycles. The molecule has 1 N–H and O–H groups in total. The van der Waals surface area contributed by atoms with Crippen molar-refractivity contribution in [3.63, 3.8) is 0 Å². The molecule has 0 aliphatic carbocycles. The Morgan fingerprint density at radius 2 is 1.96 bits per heavy atom. The number of nitrogens with one attached hydrogen (secondary N) is 1. The molecule has 1 rings (SSSR count). The zero-order chi connectivity index (χ0) is 18.9. The average molecular weight is 372 g/mol. The Kier molecular flexibility index (Phi) is 8.88. The Labute approximate surface area is 150 Å². The van der Waals surface area contributed by atoms with E-state index in [2.05, 4.69) is 5.32 Å². The second-order valence-electron chi connectivity index (χ2n) is 5.52. The molecule has 1 amide bonds. The maximum atomic E-state index is 12.6. The number of amides is 1. The molecule has 0 saturated heterocycles. The summed E-state index contributed by atoms with van der Waals surface area (Å²) >= 11 is 0. The normalized spacial score (nSPS) is 11.6. The number of aryl methyl sites for hydroxylation is 1. The first kappa shape index (κ1) is 21.4. The van der Waals surface area contributed by atoms with Gasteiger partial charge in [-0.3, -0.25) is 4.79 Å². The van der Waals surface area contributed by atoms with Crippen molar-refractivity contribution in [3.8, 4) is 5.75 Å². The SMILES string of the molecule is CCOCCCNC(=O)CN(C)S(=O)(=O)c1ccc(OCC)c(C)c1. The number of sulfonamides is 1. The summed E-state index contributed by atoms with van der Waals surface area (Å²) in [5.41, 5.74) is 0.733. The number of rotatable bonds is 11. The summed E-state index contributed by atoms with van der Waals surface area (Å²) < 4.78 is 36.8. The van der Waals surface area contributed by atoms with E-state index in [1.54, 1.807) is 19.1 Å². The smallest absolute Gasteiger partial charge is 0.243 e. The Hall–Kier alpha value is -1.64. The monoisotopic (exact) mass is 372 g/mol. The fraction of sp³-hybridized carbons (Fsp3) is 0.588. The molecule has 25 heavy (non-hydrogen) atoms. The van der Waals surface area contributed by atoms with Crippen molar-refractivity contribution in [3.05, 3.63) is 23.8 Å². The summed E-state index contributed by atoms with van der Waals surface area (Å²) in [5, 5.41) is 2.69. The van der Waals surface area contributed by atoms with E-state index in [0.29, 0.717) is 38.5 Å². The van der Waals surface area contributed by atoms with E-state index in [9.17, 15) is 13.2 Å². The van der Waals surface area contributed by atoms with E-state index < -0.39 is 10.0 Å². The van der Waals surface area contributed by atoms with E-state index >= 15 is 0 Å². The van der Waals surface area contributed by atoms with Gasteiger partial charge in [0, 0.05) is 26.8 Å². The van der Waals surface area contributed by atoms with E-state index in [-0.39, 0.29) is 17.3 Å². The molecule has 0 heterocycles. The van der Waals surface area contributed by atoms with Gasteiger partial charge in [0.1, 0.15) is 5.75 Å². The minimum atomic E-state index is -3.74. The maximum Gasteiger partial charge on any atom is 0.243 e. The van der Waals surface area contributed by atoms with Gasteiger partial charge >= 0.3 is 0 Å². The first-order valence-electron chi connectivity index (χ1n) is 8.37. The van der Waals surface area contributed by atoms with Crippen LogP contribution < -0.4 is 10.1 Å². The second kappa shape index (κ2) is 10.4. The topological polar surface area (TPSA) is 84.9 Å². The Morgan fingerprint density at radius 1 is 1.24 bits per heavy atom. The summed E-state index contributed by atoms with van der Waals surface area (Å²) in [4.78, 5) is 12.0. The lowest BCUT2D eigenvalue weighted by Crippen LogP contribution is -2.38. The third-order valence-electron chi connectivity index (χ3n) is 3.51. The molecule has 0 unspecified atom stereocenters. The summed E-state index contributed by atoms with van der Waals surface area (Å²) in [5.74, 6) is 0.307. The standard InChI is InChI=1S/C17H28N2O5S/c1-5-23-11-7-10-18-17(20)13-19(4)25(21,22)15-8-9-16(24-6-2)14(3)12-15/h8-9,12H,5-7,10-11,13H2,1-4H3,(H,18,20). The number of likely N-dealkylation sites (N-methyl/N-ethyl adjacent to an activating group) is 1. The van der Waals surface area contributed by atoms with Gasteiger partial charge in [-0.1, -0.05) is 0 Å². The zero-order valence-corrected chi connectivity index (χ0v) is 16.2. The molecule has 0 aliphatic rings. The van der Waals surface area contributed by atoms with Gasteiger partial charge in [0.05, 0.1) is 18.0 Å². The van der Waals surface area contributed by atoms with Gasteiger partial charge in [0.15, 0.2) is 0 Å². The Morgan fingerprint density at radius 3 is 2.56 bits per heavy atom. The number of nitrogens with zero attached hydrogens (tertiary/aromatic N) is 1. The third-order valence-corrected chi connectivity index (χ3v) is 5.31. The highest BCUT2D eigenvalue weighted by molar-refractivity contribution is 7.89. The summed E-state index contributed by atoms with van der Waals surface area (Å²) in [6.45, 7) is 7.49. The summed E-state index contributed by atoms with van der Waals surface area (Å²) in [6, 6.07) is 4.67. The third kappa shape index (κ3) is 6.64. The van der Waals surface area contributed by atoms with Crippen molar-refractivity contribution in [2.45, 2.75) is 32.1 Å². The molecule has 0 radical (unpaired) electrons. The van der Waals surface area contributed by atoms with E-state index in [4.69, 9.17) is 9.47 Å². The van der Waals surface area contributed by atoms with E-state index in [0.717, 1.165) is 9.87 Å². The van der Waals surface area contributed by atoms with Crippen LogP contribution in [0.4, 0.5) is 0 Å². The summed E-state index contributed by atoms with van der Waals surface area (Å²) in [7, 11) is -2.35. The fourth-order valence-corrected chi connectivity index (χ4v) is 3.38. The molecular weight excluding hydrogens is 344 g/mol. The van der Waals surface area contributed by atoms with Gasteiger partial charge in [-0.15, -0.1) is 0 Å². The predicted octanol–water partition coefficient (Wildman–Crippen LogP) is 1.56. The van der Waals surface area contributed by atoms with Crippen molar-refractivity contribution in [2.24, 2.45) is 0 Å². The van der Waals surface area contributed by atoms with Crippen LogP contribution in [0.1, 0.15) is 25.8 Å². The molecule has 0 saturated carbocycles. The molecule has 1 aromatic rings.